The van der Waals surface area contributed by atoms with Crippen molar-refractivity contribution in [3.05, 3.63) is 30.1 Å². The molecule has 1 aliphatic carbocycles. The number of carboxylic acid groups (broad SMARTS) is 1. The second kappa shape index (κ2) is 3.33. The van der Waals surface area contributed by atoms with E-state index in [9.17, 15) is 4.79 Å². The van der Waals surface area contributed by atoms with Crippen molar-refractivity contribution in [1.82, 2.24) is 9.55 Å². The van der Waals surface area contributed by atoms with Crippen LogP contribution in [0.1, 0.15) is 23.2 Å². The average molecular weight is 216 g/mol. The Morgan fingerprint density at radius 2 is 2.31 bits per heavy atom. The molecule has 82 valence electrons. The smallest absolute Gasteiger partial charge is 0.337 e. The van der Waals surface area contributed by atoms with Gasteiger partial charge in [0, 0.05) is 6.54 Å². The maximum atomic E-state index is 11.1. The predicted octanol–water partition coefficient (Wildman–Crippen LogP) is 2.14. The molecule has 16 heavy (non-hydrogen) atoms. The van der Waals surface area contributed by atoms with E-state index in [1.54, 1.807) is 18.5 Å². The molecule has 0 amide bonds. The van der Waals surface area contributed by atoms with Gasteiger partial charge in [0.2, 0.25) is 0 Å². The number of aromatic carboxylic acids is 1. The standard InChI is InChI=1S/C12H12N2O2/c15-12(16)9-2-1-3-10-11(9)14(7-13-10)6-8-4-5-8/h1-3,7-8H,4-6H2,(H,15,16). The Bertz CT molecular complexity index is 555. The van der Waals surface area contributed by atoms with Crippen molar-refractivity contribution < 1.29 is 9.90 Å². The zero-order chi connectivity index (χ0) is 11.1. The molecule has 0 saturated heterocycles. The molecule has 1 heterocycles. The van der Waals surface area contributed by atoms with Crippen molar-refractivity contribution in [2.24, 2.45) is 5.92 Å². The van der Waals surface area contributed by atoms with E-state index >= 15 is 0 Å². The Kier molecular flexibility index (Phi) is 1.96. The first-order chi connectivity index (χ1) is 7.75. The molecule has 0 atom stereocenters. The molecule has 3 rings (SSSR count). The van der Waals surface area contributed by atoms with Crippen LogP contribution in [0.25, 0.3) is 11.0 Å². The summed E-state index contributed by atoms with van der Waals surface area (Å²) in [5, 5.41) is 9.13. The zero-order valence-corrected chi connectivity index (χ0v) is 8.76. The number of carboxylic acids is 1. The molecule has 0 bridgehead atoms. The van der Waals surface area contributed by atoms with Crippen LogP contribution < -0.4 is 0 Å². The van der Waals surface area contributed by atoms with E-state index in [4.69, 9.17) is 5.11 Å². The van der Waals surface area contributed by atoms with Crippen molar-refractivity contribution in [3.63, 3.8) is 0 Å². The third-order valence-electron chi connectivity index (χ3n) is 3.02. The molecule has 4 heteroatoms. The number of benzene rings is 1. The van der Waals surface area contributed by atoms with Gasteiger partial charge in [-0.05, 0) is 30.9 Å². The molecule has 1 aromatic heterocycles. The lowest BCUT2D eigenvalue weighted by molar-refractivity contribution is 0.0698. The van der Waals surface area contributed by atoms with E-state index < -0.39 is 5.97 Å². The molecule has 0 unspecified atom stereocenters. The van der Waals surface area contributed by atoms with Crippen molar-refractivity contribution in [1.29, 1.82) is 0 Å². The highest BCUT2D eigenvalue weighted by molar-refractivity contribution is 6.01. The SMILES string of the molecule is O=C(O)c1cccc2ncn(CC3CC3)c12. The summed E-state index contributed by atoms with van der Waals surface area (Å²) < 4.78 is 1.97. The van der Waals surface area contributed by atoms with Crippen molar-refractivity contribution in [2.75, 3.05) is 0 Å². The Labute approximate surface area is 92.5 Å². The van der Waals surface area contributed by atoms with E-state index in [1.165, 1.54) is 12.8 Å². The van der Waals surface area contributed by atoms with Gasteiger partial charge in [0.15, 0.2) is 0 Å². The topological polar surface area (TPSA) is 55.1 Å². The van der Waals surface area contributed by atoms with Crippen molar-refractivity contribution in [2.45, 2.75) is 19.4 Å². The third-order valence-corrected chi connectivity index (χ3v) is 3.02. The van der Waals surface area contributed by atoms with Gasteiger partial charge in [-0.15, -0.1) is 0 Å². The van der Waals surface area contributed by atoms with Crippen LogP contribution in [-0.2, 0) is 6.54 Å². The normalized spacial score (nSPS) is 15.5. The number of para-hydroxylation sites is 1. The van der Waals surface area contributed by atoms with Crippen LogP contribution in [0.3, 0.4) is 0 Å². The Hall–Kier alpha value is -1.84. The Morgan fingerprint density at radius 1 is 1.50 bits per heavy atom. The lowest BCUT2D eigenvalue weighted by atomic mass is 10.2. The van der Waals surface area contributed by atoms with Gasteiger partial charge in [0.05, 0.1) is 22.9 Å². The van der Waals surface area contributed by atoms with Crippen LogP contribution >= 0.6 is 0 Å². The van der Waals surface area contributed by atoms with E-state index in [0.29, 0.717) is 11.5 Å². The van der Waals surface area contributed by atoms with Crippen LogP contribution in [0.5, 0.6) is 0 Å². The quantitative estimate of drug-likeness (QED) is 0.855. The molecule has 1 N–H and O–H groups in total. The molecule has 1 fully saturated rings. The van der Waals surface area contributed by atoms with Gasteiger partial charge in [-0.3, -0.25) is 0 Å². The minimum atomic E-state index is -0.886. The van der Waals surface area contributed by atoms with E-state index in [2.05, 4.69) is 4.98 Å². The number of aromatic nitrogens is 2. The number of nitrogens with zero attached hydrogens (tertiary/aromatic N) is 2. The largest absolute Gasteiger partial charge is 0.478 e. The van der Waals surface area contributed by atoms with E-state index in [1.807, 2.05) is 10.6 Å². The van der Waals surface area contributed by atoms with Crippen LogP contribution in [-0.4, -0.2) is 20.6 Å². The average Bonchev–Trinajstić information content (AvgIpc) is 2.98. The molecular formula is C12H12N2O2. The number of carbonyl (C=O) groups is 1. The molecule has 4 nitrogen and oxygen atoms in total. The third kappa shape index (κ3) is 1.46. The first-order valence-corrected chi connectivity index (χ1v) is 5.43. The highest BCUT2D eigenvalue weighted by atomic mass is 16.4. The van der Waals surface area contributed by atoms with Crippen LogP contribution in [0.2, 0.25) is 0 Å². The fourth-order valence-electron chi connectivity index (χ4n) is 2.02. The summed E-state index contributed by atoms with van der Waals surface area (Å²) in [5.74, 6) is -0.178. The summed E-state index contributed by atoms with van der Waals surface area (Å²) in [6.45, 7) is 0.890. The van der Waals surface area contributed by atoms with Gasteiger partial charge in [-0.2, -0.15) is 0 Å². The second-order valence-corrected chi connectivity index (χ2v) is 4.32. The maximum Gasteiger partial charge on any atom is 0.337 e. The lowest BCUT2D eigenvalue weighted by Crippen LogP contribution is -2.04. The highest BCUT2D eigenvalue weighted by Crippen LogP contribution is 2.32. The minimum Gasteiger partial charge on any atom is -0.478 e. The van der Waals surface area contributed by atoms with Gasteiger partial charge in [0.1, 0.15) is 0 Å². The van der Waals surface area contributed by atoms with Gasteiger partial charge >= 0.3 is 5.97 Å². The summed E-state index contributed by atoms with van der Waals surface area (Å²) in [6, 6.07) is 5.22. The van der Waals surface area contributed by atoms with Crippen LogP contribution in [0, 0.1) is 5.92 Å². The molecule has 0 spiro atoms. The number of fused-ring (bicyclic) bond motifs is 1. The number of imidazole rings is 1. The van der Waals surface area contributed by atoms with Gasteiger partial charge in [0.25, 0.3) is 0 Å². The highest BCUT2D eigenvalue weighted by Gasteiger charge is 2.23. The van der Waals surface area contributed by atoms with E-state index in [-0.39, 0.29) is 0 Å². The van der Waals surface area contributed by atoms with Gasteiger partial charge in [-0.25, -0.2) is 9.78 Å². The maximum absolute atomic E-state index is 11.1. The number of hydrogen-bond acceptors (Lipinski definition) is 2. The van der Waals surface area contributed by atoms with Gasteiger partial charge in [-0.1, -0.05) is 6.07 Å². The van der Waals surface area contributed by atoms with Crippen molar-refractivity contribution >= 4 is 17.0 Å². The molecule has 1 saturated carbocycles. The summed E-state index contributed by atoms with van der Waals surface area (Å²) in [7, 11) is 0. The van der Waals surface area contributed by atoms with Crippen LogP contribution in [0.15, 0.2) is 24.5 Å². The monoisotopic (exact) mass is 216 g/mol. The Balaban J connectivity index is 2.16. The first-order valence-electron chi connectivity index (χ1n) is 5.43. The minimum absolute atomic E-state index is 0.343. The molecule has 1 aromatic carbocycles. The van der Waals surface area contributed by atoms with E-state index in [0.717, 1.165) is 17.6 Å². The lowest BCUT2D eigenvalue weighted by Gasteiger charge is -2.04. The summed E-state index contributed by atoms with van der Waals surface area (Å²) >= 11 is 0. The molecular weight excluding hydrogens is 204 g/mol. The summed E-state index contributed by atoms with van der Waals surface area (Å²) in [6.07, 6.45) is 4.24. The predicted molar refractivity (Wildman–Crippen MR) is 59.4 cm³/mol. The molecule has 0 aliphatic heterocycles. The zero-order valence-electron chi connectivity index (χ0n) is 8.76. The molecule has 1 aliphatic rings. The summed E-state index contributed by atoms with van der Waals surface area (Å²) in [4.78, 5) is 15.4. The number of rotatable bonds is 3. The molecule has 0 radical (unpaired) electrons. The number of hydrogen-bond donors (Lipinski definition) is 1. The second-order valence-electron chi connectivity index (χ2n) is 4.32. The molecule has 2 aromatic rings. The van der Waals surface area contributed by atoms with Gasteiger partial charge < -0.3 is 9.67 Å². The fraction of sp³-hybridized carbons (Fsp3) is 0.333. The first kappa shape index (κ1) is 9.39. The van der Waals surface area contributed by atoms with Crippen molar-refractivity contribution in [3.8, 4) is 0 Å². The summed E-state index contributed by atoms with van der Waals surface area (Å²) in [5.41, 5.74) is 1.86. The van der Waals surface area contributed by atoms with Crippen LogP contribution in [0.4, 0.5) is 0 Å². The fourth-order valence-corrected chi connectivity index (χ4v) is 2.02. The Morgan fingerprint density at radius 3 is 3.00 bits per heavy atom.